The van der Waals surface area contributed by atoms with Crippen molar-refractivity contribution in [2.45, 2.75) is 6.10 Å². The van der Waals surface area contributed by atoms with Crippen molar-refractivity contribution in [1.29, 1.82) is 0 Å². The maximum atomic E-state index is 10.7. The summed E-state index contributed by atoms with van der Waals surface area (Å²) in [5.41, 5.74) is 6.08. The van der Waals surface area contributed by atoms with Crippen LogP contribution in [0.4, 0.5) is 0 Å². The van der Waals surface area contributed by atoms with Crippen molar-refractivity contribution in [2.24, 2.45) is 0 Å². The van der Waals surface area contributed by atoms with Gasteiger partial charge in [-0.05, 0) is 28.3 Å². The molecular weight excluding hydrogens is 280 g/mol. The Kier molecular flexibility index (Phi) is 2.85. The highest BCUT2D eigenvalue weighted by atomic mass is 35.5. The summed E-state index contributed by atoms with van der Waals surface area (Å²) in [6.07, 6.45) is -0.594. The van der Waals surface area contributed by atoms with E-state index in [1.165, 1.54) is 0 Å². The Morgan fingerprint density at radius 2 is 1.24 bits per heavy atom. The molecule has 0 bridgehead atoms. The smallest absolute Gasteiger partial charge is 0.106 e. The molecule has 3 aromatic rings. The SMILES string of the molecule is OC1c2ccccc2-c2cccc(-c3ccccc3Cl)c21. The molecule has 0 fully saturated rings. The third-order valence-corrected chi connectivity index (χ3v) is 4.42. The van der Waals surface area contributed by atoms with Crippen LogP contribution in [0.25, 0.3) is 22.3 Å². The molecule has 0 saturated heterocycles. The molecule has 102 valence electrons. The number of rotatable bonds is 1. The maximum absolute atomic E-state index is 10.7. The van der Waals surface area contributed by atoms with Crippen molar-refractivity contribution < 1.29 is 5.11 Å². The van der Waals surface area contributed by atoms with E-state index >= 15 is 0 Å². The zero-order chi connectivity index (χ0) is 14.4. The van der Waals surface area contributed by atoms with Crippen molar-refractivity contribution in [1.82, 2.24) is 0 Å². The lowest BCUT2D eigenvalue weighted by Crippen LogP contribution is -1.97. The average Bonchev–Trinajstić information content (AvgIpc) is 2.82. The van der Waals surface area contributed by atoms with Gasteiger partial charge < -0.3 is 5.11 Å². The summed E-state index contributed by atoms with van der Waals surface area (Å²) < 4.78 is 0. The van der Waals surface area contributed by atoms with Crippen molar-refractivity contribution in [3.05, 3.63) is 82.9 Å². The number of fused-ring (bicyclic) bond motifs is 3. The van der Waals surface area contributed by atoms with Crippen molar-refractivity contribution in [2.75, 3.05) is 0 Å². The normalized spacial score (nSPS) is 15.6. The van der Waals surface area contributed by atoms with E-state index in [1.54, 1.807) is 0 Å². The van der Waals surface area contributed by atoms with E-state index in [9.17, 15) is 5.11 Å². The summed E-state index contributed by atoms with van der Waals surface area (Å²) in [4.78, 5) is 0. The van der Waals surface area contributed by atoms with Crippen molar-refractivity contribution in [3.8, 4) is 22.3 Å². The Morgan fingerprint density at radius 3 is 2.00 bits per heavy atom. The fourth-order valence-electron chi connectivity index (χ4n) is 3.15. The van der Waals surface area contributed by atoms with E-state index in [4.69, 9.17) is 11.6 Å². The Labute approximate surface area is 128 Å². The molecule has 3 aromatic carbocycles. The Bertz CT molecular complexity index is 838. The number of benzene rings is 3. The van der Waals surface area contributed by atoms with Gasteiger partial charge in [0.2, 0.25) is 0 Å². The van der Waals surface area contributed by atoms with Crippen LogP contribution in [0.3, 0.4) is 0 Å². The highest BCUT2D eigenvalue weighted by molar-refractivity contribution is 6.33. The second-order valence-electron chi connectivity index (χ2n) is 5.24. The standard InChI is InChI=1S/C19H13ClO/c20-17-11-4-3-7-13(17)15-10-5-9-14-12-6-1-2-8-16(12)19(21)18(14)15/h1-11,19,21H. The van der Waals surface area contributed by atoms with Crippen LogP contribution < -0.4 is 0 Å². The van der Waals surface area contributed by atoms with E-state index in [0.29, 0.717) is 5.02 Å². The fourth-order valence-corrected chi connectivity index (χ4v) is 3.38. The van der Waals surface area contributed by atoms with Crippen LogP contribution in [0.5, 0.6) is 0 Å². The lowest BCUT2D eigenvalue weighted by molar-refractivity contribution is 0.226. The molecule has 0 spiro atoms. The van der Waals surface area contributed by atoms with Crippen LogP contribution in [-0.2, 0) is 0 Å². The van der Waals surface area contributed by atoms with Crippen molar-refractivity contribution >= 4 is 11.6 Å². The molecule has 1 nitrogen and oxygen atoms in total. The zero-order valence-corrected chi connectivity index (χ0v) is 12.0. The first-order valence-electron chi connectivity index (χ1n) is 6.92. The molecule has 4 rings (SSSR count). The van der Waals surface area contributed by atoms with Gasteiger partial charge in [0.05, 0.1) is 0 Å². The van der Waals surface area contributed by atoms with Gasteiger partial charge in [0.1, 0.15) is 6.10 Å². The van der Waals surface area contributed by atoms with Crippen LogP contribution in [0, 0.1) is 0 Å². The first kappa shape index (κ1) is 12.6. The minimum absolute atomic E-state index is 0.594. The predicted octanol–water partition coefficient (Wildman–Crippen LogP) is 5.07. The minimum atomic E-state index is -0.594. The highest BCUT2D eigenvalue weighted by Crippen LogP contribution is 2.48. The lowest BCUT2D eigenvalue weighted by Gasteiger charge is -2.13. The third-order valence-electron chi connectivity index (χ3n) is 4.09. The van der Waals surface area contributed by atoms with E-state index in [2.05, 4.69) is 12.1 Å². The molecule has 1 atom stereocenters. The second kappa shape index (κ2) is 4.73. The molecule has 0 aromatic heterocycles. The molecule has 0 aliphatic heterocycles. The van der Waals surface area contributed by atoms with Gasteiger partial charge in [-0.2, -0.15) is 0 Å². The van der Waals surface area contributed by atoms with E-state index in [1.807, 2.05) is 54.6 Å². The number of hydrogen-bond donors (Lipinski definition) is 1. The van der Waals surface area contributed by atoms with Crippen LogP contribution in [0.1, 0.15) is 17.2 Å². The molecule has 1 aliphatic rings. The molecule has 1 unspecified atom stereocenters. The quantitative estimate of drug-likeness (QED) is 0.664. The summed E-state index contributed by atoms with van der Waals surface area (Å²) in [6, 6.07) is 21.9. The molecular formula is C19H13ClO. The minimum Gasteiger partial charge on any atom is -0.384 e. The summed E-state index contributed by atoms with van der Waals surface area (Å²) >= 11 is 6.34. The molecule has 1 aliphatic carbocycles. The summed E-state index contributed by atoms with van der Waals surface area (Å²) in [5.74, 6) is 0. The summed E-state index contributed by atoms with van der Waals surface area (Å²) in [6.45, 7) is 0. The van der Waals surface area contributed by atoms with Crippen LogP contribution >= 0.6 is 11.6 Å². The van der Waals surface area contributed by atoms with Crippen LogP contribution in [0.2, 0.25) is 5.02 Å². The zero-order valence-electron chi connectivity index (χ0n) is 11.3. The summed E-state index contributed by atoms with van der Waals surface area (Å²) in [5, 5.41) is 11.4. The molecule has 21 heavy (non-hydrogen) atoms. The molecule has 0 amide bonds. The van der Waals surface area contributed by atoms with E-state index in [-0.39, 0.29) is 0 Å². The molecule has 1 N–H and O–H groups in total. The van der Waals surface area contributed by atoms with Gasteiger partial charge in [-0.1, -0.05) is 72.3 Å². The van der Waals surface area contributed by atoms with Gasteiger partial charge in [-0.15, -0.1) is 0 Å². The van der Waals surface area contributed by atoms with Gasteiger partial charge in [0, 0.05) is 16.1 Å². The Morgan fingerprint density at radius 1 is 0.667 bits per heavy atom. The van der Waals surface area contributed by atoms with Gasteiger partial charge >= 0.3 is 0 Å². The van der Waals surface area contributed by atoms with Crippen LogP contribution in [-0.4, -0.2) is 5.11 Å². The molecule has 2 heteroatoms. The number of aliphatic hydroxyl groups excluding tert-OH is 1. The maximum Gasteiger partial charge on any atom is 0.106 e. The second-order valence-corrected chi connectivity index (χ2v) is 5.64. The Balaban J connectivity index is 2.01. The largest absolute Gasteiger partial charge is 0.384 e. The van der Waals surface area contributed by atoms with Gasteiger partial charge in [-0.3, -0.25) is 0 Å². The van der Waals surface area contributed by atoms with Gasteiger partial charge in [0.15, 0.2) is 0 Å². The van der Waals surface area contributed by atoms with Gasteiger partial charge in [-0.25, -0.2) is 0 Å². The predicted molar refractivity (Wildman–Crippen MR) is 86.4 cm³/mol. The van der Waals surface area contributed by atoms with Gasteiger partial charge in [0.25, 0.3) is 0 Å². The summed E-state index contributed by atoms with van der Waals surface area (Å²) in [7, 11) is 0. The first-order valence-corrected chi connectivity index (χ1v) is 7.30. The Hall–Kier alpha value is -2.09. The molecule has 0 saturated carbocycles. The number of halogens is 1. The number of hydrogen-bond acceptors (Lipinski definition) is 1. The number of aliphatic hydroxyl groups is 1. The highest BCUT2D eigenvalue weighted by Gasteiger charge is 2.29. The third kappa shape index (κ3) is 1.82. The first-order chi connectivity index (χ1) is 10.3. The van der Waals surface area contributed by atoms with Crippen molar-refractivity contribution in [3.63, 3.8) is 0 Å². The lowest BCUT2D eigenvalue weighted by atomic mass is 9.95. The van der Waals surface area contributed by atoms with Crippen LogP contribution in [0.15, 0.2) is 66.7 Å². The van der Waals surface area contributed by atoms with E-state index in [0.717, 1.165) is 33.4 Å². The fraction of sp³-hybridized carbons (Fsp3) is 0.0526. The topological polar surface area (TPSA) is 20.2 Å². The van der Waals surface area contributed by atoms with E-state index < -0.39 is 6.10 Å². The molecule has 0 heterocycles. The molecule has 0 radical (unpaired) electrons. The average molecular weight is 293 g/mol. The monoisotopic (exact) mass is 292 g/mol.